The van der Waals surface area contributed by atoms with Gasteiger partial charge in [-0.1, -0.05) is 18.2 Å². The normalized spacial score (nSPS) is 20.4. The Morgan fingerprint density at radius 2 is 1.92 bits per heavy atom. The molecule has 1 saturated heterocycles. The number of amides is 1. The lowest BCUT2D eigenvalue weighted by Crippen LogP contribution is -2.48. The molecule has 0 radical (unpaired) electrons. The third kappa shape index (κ3) is 3.42. The summed E-state index contributed by atoms with van der Waals surface area (Å²) >= 11 is 0. The summed E-state index contributed by atoms with van der Waals surface area (Å²) in [7, 11) is 0. The van der Waals surface area contributed by atoms with E-state index in [1.165, 1.54) is 12.8 Å². The van der Waals surface area contributed by atoms with Gasteiger partial charge in [-0.3, -0.25) is 9.69 Å². The molecule has 1 aliphatic carbocycles. The van der Waals surface area contributed by atoms with Crippen molar-refractivity contribution in [3.8, 4) is 5.69 Å². The Morgan fingerprint density at radius 3 is 2.60 bits per heavy atom. The molecule has 1 N–H and O–H groups in total. The summed E-state index contributed by atoms with van der Waals surface area (Å²) in [5.74, 6) is 1.27. The smallest absolute Gasteiger partial charge is 0.238 e. The summed E-state index contributed by atoms with van der Waals surface area (Å²) in [6.07, 6.45) is 4.70. The van der Waals surface area contributed by atoms with E-state index < -0.39 is 0 Å². The van der Waals surface area contributed by atoms with Crippen LogP contribution in [0.2, 0.25) is 0 Å². The van der Waals surface area contributed by atoms with Crippen LogP contribution in [-0.2, 0) is 4.79 Å². The van der Waals surface area contributed by atoms with Crippen molar-refractivity contribution in [3.05, 3.63) is 36.2 Å². The number of carbonyl (C=O) groups excluding carboxylic acids is 1. The van der Waals surface area contributed by atoms with Crippen molar-refractivity contribution in [1.82, 2.24) is 30.4 Å². The number of hydrogen-bond donors (Lipinski definition) is 1. The summed E-state index contributed by atoms with van der Waals surface area (Å²) in [5.41, 5.74) is 0.891. The standard InChI is InChI=1S/C18H24N6O/c1-13(17-20-21-22-24(17)15-7-3-2-4-8-15)19-18(25)16(14-9-10-14)23-11-5-6-12-23/h2-4,7-8,13-14,16H,5-6,9-12H2,1H3,(H,19,25)/t13-,16-/m1/s1. The predicted molar refractivity (Wildman–Crippen MR) is 93.0 cm³/mol. The minimum absolute atomic E-state index is 0.00556. The van der Waals surface area contributed by atoms with Gasteiger partial charge in [0.2, 0.25) is 5.91 Å². The van der Waals surface area contributed by atoms with Crippen molar-refractivity contribution >= 4 is 5.91 Å². The van der Waals surface area contributed by atoms with Gasteiger partial charge >= 0.3 is 0 Å². The van der Waals surface area contributed by atoms with E-state index in [9.17, 15) is 4.79 Å². The summed E-state index contributed by atoms with van der Waals surface area (Å²) < 4.78 is 1.69. The SMILES string of the molecule is C[C@@H](NC(=O)[C@@H](C1CC1)N1CCCC1)c1nnnn1-c1ccccc1. The van der Waals surface area contributed by atoms with Crippen molar-refractivity contribution in [2.24, 2.45) is 5.92 Å². The van der Waals surface area contributed by atoms with Crippen LogP contribution >= 0.6 is 0 Å². The third-order valence-corrected chi connectivity index (χ3v) is 5.11. The van der Waals surface area contributed by atoms with Crippen molar-refractivity contribution in [2.75, 3.05) is 13.1 Å². The Balaban J connectivity index is 1.49. The first kappa shape index (κ1) is 16.2. The van der Waals surface area contributed by atoms with Crippen LogP contribution in [0.4, 0.5) is 0 Å². The first-order valence-corrected chi connectivity index (χ1v) is 9.12. The second kappa shape index (κ2) is 6.92. The van der Waals surface area contributed by atoms with Crippen molar-refractivity contribution in [2.45, 2.75) is 44.7 Å². The van der Waals surface area contributed by atoms with E-state index in [0.717, 1.165) is 31.6 Å². The zero-order valence-corrected chi connectivity index (χ0v) is 14.5. The largest absolute Gasteiger partial charge is 0.345 e. The Kier molecular flexibility index (Phi) is 4.48. The minimum atomic E-state index is -0.244. The van der Waals surface area contributed by atoms with Gasteiger partial charge in [-0.05, 0) is 74.2 Å². The quantitative estimate of drug-likeness (QED) is 0.866. The Labute approximate surface area is 147 Å². The molecule has 2 fully saturated rings. The number of nitrogens with zero attached hydrogens (tertiary/aromatic N) is 5. The molecule has 2 aliphatic rings. The number of likely N-dealkylation sites (tertiary alicyclic amines) is 1. The summed E-state index contributed by atoms with van der Waals surface area (Å²) in [5, 5.41) is 15.2. The highest BCUT2D eigenvalue weighted by molar-refractivity contribution is 5.82. The lowest BCUT2D eigenvalue weighted by atomic mass is 10.1. The van der Waals surface area contributed by atoms with Crippen molar-refractivity contribution in [1.29, 1.82) is 0 Å². The number of hydrogen-bond acceptors (Lipinski definition) is 5. The van der Waals surface area contributed by atoms with E-state index >= 15 is 0 Å². The number of nitrogens with one attached hydrogen (secondary N) is 1. The maximum absolute atomic E-state index is 12.9. The van der Waals surface area contributed by atoms with Crippen LogP contribution in [0.1, 0.15) is 44.5 Å². The molecule has 2 aromatic rings. The molecule has 25 heavy (non-hydrogen) atoms. The van der Waals surface area contributed by atoms with Gasteiger partial charge in [0.1, 0.15) is 0 Å². The van der Waals surface area contributed by atoms with E-state index in [-0.39, 0.29) is 18.0 Å². The minimum Gasteiger partial charge on any atom is -0.345 e. The third-order valence-electron chi connectivity index (χ3n) is 5.11. The Morgan fingerprint density at radius 1 is 1.20 bits per heavy atom. The lowest BCUT2D eigenvalue weighted by Gasteiger charge is -2.27. The second-order valence-corrected chi connectivity index (χ2v) is 7.04. The molecule has 1 aromatic carbocycles. The van der Waals surface area contributed by atoms with Crippen molar-refractivity contribution < 1.29 is 4.79 Å². The number of para-hydroxylation sites is 1. The molecule has 1 aromatic heterocycles. The molecule has 0 spiro atoms. The molecule has 1 aliphatic heterocycles. The number of benzene rings is 1. The average Bonchev–Trinajstić information content (AvgIpc) is 3.12. The molecule has 0 bridgehead atoms. The van der Waals surface area contributed by atoms with Crippen LogP contribution in [0.25, 0.3) is 5.69 Å². The molecule has 2 atom stereocenters. The Hall–Kier alpha value is -2.28. The highest BCUT2D eigenvalue weighted by Crippen LogP contribution is 2.37. The zero-order chi connectivity index (χ0) is 17.2. The van der Waals surface area contributed by atoms with E-state index in [2.05, 4.69) is 25.7 Å². The van der Waals surface area contributed by atoms with Gasteiger partial charge in [-0.25, -0.2) is 0 Å². The maximum Gasteiger partial charge on any atom is 0.238 e. The fraction of sp³-hybridized carbons (Fsp3) is 0.556. The molecule has 4 rings (SSSR count). The van der Waals surface area contributed by atoms with Crippen LogP contribution in [0.15, 0.2) is 30.3 Å². The van der Waals surface area contributed by atoms with E-state index in [4.69, 9.17) is 0 Å². The molecule has 7 heteroatoms. The van der Waals surface area contributed by atoms with Gasteiger partial charge in [0.25, 0.3) is 0 Å². The molecule has 1 saturated carbocycles. The fourth-order valence-corrected chi connectivity index (χ4v) is 3.69. The maximum atomic E-state index is 12.9. The number of rotatable bonds is 6. The summed E-state index contributed by atoms with van der Waals surface area (Å²) in [4.78, 5) is 15.3. The van der Waals surface area contributed by atoms with Crippen LogP contribution in [-0.4, -0.2) is 50.1 Å². The van der Waals surface area contributed by atoms with Crippen LogP contribution < -0.4 is 5.32 Å². The van der Waals surface area contributed by atoms with Gasteiger partial charge in [0, 0.05) is 0 Å². The van der Waals surface area contributed by atoms with Crippen LogP contribution in [0.3, 0.4) is 0 Å². The van der Waals surface area contributed by atoms with Gasteiger partial charge < -0.3 is 5.32 Å². The molecule has 1 amide bonds. The van der Waals surface area contributed by atoms with E-state index in [1.807, 2.05) is 37.3 Å². The molecular weight excluding hydrogens is 316 g/mol. The topological polar surface area (TPSA) is 75.9 Å². The monoisotopic (exact) mass is 340 g/mol. The van der Waals surface area contributed by atoms with E-state index in [0.29, 0.717) is 11.7 Å². The Bertz CT molecular complexity index is 720. The first-order chi connectivity index (χ1) is 12.2. The molecule has 0 unspecified atom stereocenters. The van der Waals surface area contributed by atoms with E-state index in [1.54, 1.807) is 4.68 Å². The second-order valence-electron chi connectivity index (χ2n) is 7.04. The van der Waals surface area contributed by atoms with Gasteiger partial charge in [-0.15, -0.1) is 5.10 Å². The average molecular weight is 340 g/mol. The zero-order valence-electron chi connectivity index (χ0n) is 14.5. The predicted octanol–water partition coefficient (Wildman–Crippen LogP) is 1.71. The van der Waals surface area contributed by atoms with Crippen LogP contribution in [0, 0.1) is 5.92 Å². The number of carbonyl (C=O) groups is 1. The lowest BCUT2D eigenvalue weighted by molar-refractivity contribution is -0.127. The van der Waals surface area contributed by atoms with Gasteiger partial charge in [-0.2, -0.15) is 4.68 Å². The number of tetrazole rings is 1. The fourth-order valence-electron chi connectivity index (χ4n) is 3.69. The first-order valence-electron chi connectivity index (χ1n) is 9.12. The molecule has 2 heterocycles. The highest BCUT2D eigenvalue weighted by atomic mass is 16.2. The van der Waals surface area contributed by atoms with Gasteiger partial charge in [0.05, 0.1) is 17.8 Å². The summed E-state index contributed by atoms with van der Waals surface area (Å²) in [6, 6.07) is 9.51. The molecule has 132 valence electrons. The van der Waals surface area contributed by atoms with Gasteiger partial charge in [0.15, 0.2) is 5.82 Å². The highest BCUT2D eigenvalue weighted by Gasteiger charge is 2.41. The van der Waals surface area contributed by atoms with Crippen molar-refractivity contribution in [3.63, 3.8) is 0 Å². The number of aromatic nitrogens is 4. The molecule has 7 nitrogen and oxygen atoms in total. The van der Waals surface area contributed by atoms with Crippen LogP contribution in [0.5, 0.6) is 0 Å². The molecular formula is C18H24N6O. The summed E-state index contributed by atoms with van der Waals surface area (Å²) in [6.45, 7) is 4.01.